The molecule has 0 aliphatic rings. The molecule has 0 radical (unpaired) electrons. The van der Waals surface area contributed by atoms with Gasteiger partial charge in [-0.2, -0.15) is 0 Å². The van der Waals surface area contributed by atoms with E-state index in [0.29, 0.717) is 6.42 Å². The van der Waals surface area contributed by atoms with E-state index in [9.17, 15) is 9.90 Å². The van der Waals surface area contributed by atoms with Crippen molar-refractivity contribution >= 4 is 5.97 Å². The molecule has 0 bridgehead atoms. The van der Waals surface area contributed by atoms with Gasteiger partial charge in [0.1, 0.15) is 0 Å². The van der Waals surface area contributed by atoms with Crippen LogP contribution in [0.25, 0.3) is 0 Å². The number of carbonyl (C=O) groups is 1. The molecule has 3 heteroatoms. The highest BCUT2D eigenvalue weighted by atomic mass is 16.4. The third-order valence-electron chi connectivity index (χ3n) is 3.32. The number of unbranched alkanes of at least 4 members (excludes halogenated alkanes) is 3. The molecule has 23 heavy (non-hydrogen) atoms. The highest BCUT2D eigenvalue weighted by Gasteiger charge is 1.96. The number of hydrogen-bond acceptors (Lipinski definition) is 2. The second kappa shape index (κ2) is 16.8. The van der Waals surface area contributed by atoms with Crippen molar-refractivity contribution in [3.8, 4) is 0 Å². The number of hydrogen-bond donors (Lipinski definition) is 2. The van der Waals surface area contributed by atoms with Crippen molar-refractivity contribution < 1.29 is 15.0 Å². The van der Waals surface area contributed by atoms with Crippen molar-refractivity contribution in [1.82, 2.24) is 0 Å². The van der Waals surface area contributed by atoms with Gasteiger partial charge < -0.3 is 10.2 Å². The molecule has 1 atom stereocenters. The zero-order valence-electron chi connectivity index (χ0n) is 14.4. The van der Waals surface area contributed by atoms with Crippen molar-refractivity contribution in [3.63, 3.8) is 0 Å². The average Bonchev–Trinajstić information content (AvgIpc) is 2.51. The third-order valence-corrected chi connectivity index (χ3v) is 3.32. The van der Waals surface area contributed by atoms with Gasteiger partial charge in [0.2, 0.25) is 0 Å². The van der Waals surface area contributed by atoms with Gasteiger partial charge in [0.05, 0.1) is 6.10 Å². The van der Waals surface area contributed by atoms with Gasteiger partial charge in [0, 0.05) is 6.42 Å². The van der Waals surface area contributed by atoms with Gasteiger partial charge in [-0.15, -0.1) is 0 Å². The summed E-state index contributed by atoms with van der Waals surface area (Å²) in [5.41, 5.74) is 0. The van der Waals surface area contributed by atoms with Gasteiger partial charge in [-0.25, -0.2) is 0 Å². The third kappa shape index (κ3) is 18.3. The fourth-order valence-electron chi connectivity index (χ4n) is 1.98. The Kier molecular flexibility index (Phi) is 15.6. The number of carboxylic acids is 1. The summed E-state index contributed by atoms with van der Waals surface area (Å²) in [6, 6.07) is 0. The van der Waals surface area contributed by atoms with Gasteiger partial charge in [-0.05, 0) is 32.1 Å². The highest BCUT2D eigenvalue weighted by molar-refractivity contribution is 5.66. The van der Waals surface area contributed by atoms with Crippen molar-refractivity contribution in [1.29, 1.82) is 0 Å². The summed E-state index contributed by atoms with van der Waals surface area (Å²) in [7, 11) is 0. The number of aliphatic hydroxyl groups excluding tert-OH is 1. The molecular formula is C20H32O3. The number of carboxylic acid groups (broad SMARTS) is 1. The fraction of sp³-hybridized carbons (Fsp3) is 0.550. The molecule has 0 fully saturated rings. The lowest BCUT2D eigenvalue weighted by Crippen LogP contribution is -2.00. The van der Waals surface area contributed by atoms with E-state index in [1.807, 2.05) is 24.3 Å². The second-order valence-corrected chi connectivity index (χ2v) is 5.58. The lowest BCUT2D eigenvalue weighted by atomic mass is 10.1. The summed E-state index contributed by atoms with van der Waals surface area (Å²) >= 11 is 0. The molecule has 0 unspecified atom stereocenters. The molecule has 3 nitrogen and oxygen atoms in total. The van der Waals surface area contributed by atoms with Crippen molar-refractivity contribution in [2.75, 3.05) is 0 Å². The van der Waals surface area contributed by atoms with E-state index in [1.54, 1.807) is 0 Å². The molecule has 0 saturated carbocycles. The maximum Gasteiger partial charge on any atom is 0.303 e. The van der Waals surface area contributed by atoms with Crippen molar-refractivity contribution in [2.45, 2.75) is 70.8 Å². The van der Waals surface area contributed by atoms with Crippen molar-refractivity contribution in [3.05, 3.63) is 48.6 Å². The van der Waals surface area contributed by atoms with Gasteiger partial charge in [0.15, 0.2) is 0 Å². The zero-order valence-corrected chi connectivity index (χ0v) is 14.4. The minimum absolute atomic E-state index is 0.242. The van der Waals surface area contributed by atoms with Crippen molar-refractivity contribution in [2.24, 2.45) is 0 Å². The lowest BCUT2D eigenvalue weighted by Gasteiger charge is -2.02. The van der Waals surface area contributed by atoms with Crippen LogP contribution in [-0.4, -0.2) is 22.3 Å². The first kappa shape index (κ1) is 21.4. The Morgan fingerprint density at radius 3 is 2.35 bits per heavy atom. The summed E-state index contributed by atoms with van der Waals surface area (Å²) in [5.74, 6) is -0.729. The normalized spacial score (nSPS) is 13.8. The molecule has 0 saturated heterocycles. The van der Waals surface area contributed by atoms with E-state index in [1.165, 1.54) is 12.8 Å². The van der Waals surface area contributed by atoms with Crippen LogP contribution in [0.5, 0.6) is 0 Å². The molecule has 0 aliphatic carbocycles. The summed E-state index contributed by atoms with van der Waals surface area (Å²) in [5, 5.41) is 18.2. The Morgan fingerprint density at radius 1 is 0.957 bits per heavy atom. The Morgan fingerprint density at radius 2 is 1.65 bits per heavy atom. The summed E-state index contributed by atoms with van der Waals surface area (Å²) in [4.78, 5) is 10.3. The van der Waals surface area contributed by atoms with Crippen LogP contribution >= 0.6 is 0 Å². The maximum absolute atomic E-state index is 10.3. The Hall–Kier alpha value is -1.61. The molecule has 0 aliphatic heterocycles. The average molecular weight is 320 g/mol. The summed E-state index contributed by atoms with van der Waals surface area (Å²) < 4.78 is 0. The van der Waals surface area contributed by atoms with E-state index in [4.69, 9.17) is 5.11 Å². The molecular weight excluding hydrogens is 288 g/mol. The van der Waals surface area contributed by atoms with Crippen LogP contribution in [0.4, 0.5) is 0 Å². The van der Waals surface area contributed by atoms with Crippen LogP contribution in [0.15, 0.2) is 48.6 Å². The second-order valence-electron chi connectivity index (χ2n) is 5.58. The summed E-state index contributed by atoms with van der Waals surface area (Å²) in [6.07, 6.45) is 23.6. The minimum Gasteiger partial charge on any atom is -0.481 e. The Labute approximate surface area is 141 Å². The van der Waals surface area contributed by atoms with Crippen LogP contribution in [0.2, 0.25) is 0 Å². The van der Waals surface area contributed by atoms with Crippen LogP contribution < -0.4 is 0 Å². The molecule has 0 rings (SSSR count). The topological polar surface area (TPSA) is 57.5 Å². The molecule has 0 heterocycles. The number of aliphatic carboxylic acids is 1. The highest BCUT2D eigenvalue weighted by Crippen LogP contribution is 2.04. The first-order valence-corrected chi connectivity index (χ1v) is 8.70. The van der Waals surface area contributed by atoms with Gasteiger partial charge >= 0.3 is 5.97 Å². The van der Waals surface area contributed by atoms with Gasteiger partial charge in [-0.3, -0.25) is 4.79 Å². The number of aliphatic hydroxyl groups is 1. The lowest BCUT2D eigenvalue weighted by molar-refractivity contribution is -0.137. The molecule has 2 N–H and O–H groups in total. The monoisotopic (exact) mass is 320 g/mol. The van der Waals surface area contributed by atoms with E-state index < -0.39 is 5.97 Å². The first-order chi connectivity index (χ1) is 11.2. The molecule has 0 amide bonds. The number of rotatable bonds is 14. The van der Waals surface area contributed by atoms with E-state index >= 15 is 0 Å². The summed E-state index contributed by atoms with van der Waals surface area (Å²) in [6.45, 7) is 2.16. The minimum atomic E-state index is -0.729. The number of allylic oxidation sites excluding steroid dienone is 7. The molecule has 0 aromatic heterocycles. The van der Waals surface area contributed by atoms with Crippen LogP contribution in [-0.2, 0) is 4.79 Å². The van der Waals surface area contributed by atoms with Crippen LogP contribution in [0, 0.1) is 0 Å². The quantitative estimate of drug-likeness (QED) is 0.263. The Balaban J connectivity index is 3.57. The van der Waals surface area contributed by atoms with Gasteiger partial charge in [-0.1, -0.05) is 74.8 Å². The molecule has 0 aromatic carbocycles. The van der Waals surface area contributed by atoms with E-state index in [-0.39, 0.29) is 12.5 Å². The fourth-order valence-corrected chi connectivity index (χ4v) is 1.98. The molecule has 130 valence electrons. The largest absolute Gasteiger partial charge is 0.481 e. The predicted octanol–water partition coefficient (Wildman–Crippen LogP) is 5.19. The smallest absolute Gasteiger partial charge is 0.303 e. The standard InChI is InChI=1S/C20H32O3/c1-2-3-13-16-19(21)17-14-11-9-7-5-4-6-8-10-12-15-18-20(22)23/h4-5,8-11,14,17,19,21H,2-3,6-7,12-13,15-16,18H2,1H3,(H,22,23)/b5-4-,10-8-,11-9+,17-14+/t19-/m1/s1. The molecule has 0 spiro atoms. The SMILES string of the molecule is CCCCC[C@@H](O)/C=C/C=C/C/C=C\C/C=C\CCCC(=O)O. The maximum atomic E-state index is 10.3. The van der Waals surface area contributed by atoms with Gasteiger partial charge in [0.25, 0.3) is 0 Å². The van der Waals surface area contributed by atoms with E-state index in [2.05, 4.69) is 31.2 Å². The van der Waals surface area contributed by atoms with E-state index in [0.717, 1.165) is 32.1 Å². The zero-order chi connectivity index (χ0) is 17.2. The predicted molar refractivity (Wildman–Crippen MR) is 97.4 cm³/mol. The molecule has 0 aromatic rings. The van der Waals surface area contributed by atoms with Crippen LogP contribution in [0.1, 0.15) is 64.7 Å². The first-order valence-electron chi connectivity index (χ1n) is 8.70. The Bertz CT molecular complexity index is 392. The van der Waals surface area contributed by atoms with Crippen LogP contribution in [0.3, 0.4) is 0 Å².